The zero-order valence-electron chi connectivity index (χ0n) is 8.59. The van der Waals surface area contributed by atoms with Crippen LogP contribution < -0.4 is 0 Å². The third-order valence-electron chi connectivity index (χ3n) is 3.66. The van der Waals surface area contributed by atoms with E-state index >= 15 is 0 Å². The van der Waals surface area contributed by atoms with Gasteiger partial charge >= 0.3 is 0 Å². The Morgan fingerprint density at radius 1 is 1.21 bits per heavy atom. The molecule has 2 aliphatic rings. The SMILES string of the molecule is CC1([Si]2CC2)CC=Cc2ccccc21. The minimum atomic E-state index is -0.0468. The molecule has 1 aromatic rings. The molecule has 1 saturated heterocycles. The average Bonchev–Trinajstić information content (AvgIpc) is 3.02. The monoisotopic (exact) mass is 199 g/mol. The highest BCUT2D eigenvalue weighted by molar-refractivity contribution is 6.72. The first-order chi connectivity index (χ1) is 6.81. The predicted molar refractivity (Wildman–Crippen MR) is 62.8 cm³/mol. The Hall–Kier alpha value is -0.823. The second kappa shape index (κ2) is 2.83. The Labute approximate surface area is 87.3 Å². The Morgan fingerprint density at radius 2 is 2.00 bits per heavy atom. The Morgan fingerprint density at radius 3 is 2.79 bits per heavy atom. The van der Waals surface area contributed by atoms with E-state index in [-0.39, 0.29) is 8.80 Å². The van der Waals surface area contributed by atoms with Gasteiger partial charge in [-0.2, -0.15) is 0 Å². The molecule has 1 unspecified atom stereocenters. The Bertz CT molecular complexity index is 390. The molecule has 1 heterocycles. The van der Waals surface area contributed by atoms with Crippen LogP contribution >= 0.6 is 0 Å². The van der Waals surface area contributed by atoms with Gasteiger partial charge in [-0.15, -0.1) is 0 Å². The van der Waals surface area contributed by atoms with Gasteiger partial charge in [0.05, 0.1) is 8.80 Å². The molecule has 1 aliphatic heterocycles. The third-order valence-corrected chi connectivity index (χ3v) is 6.69. The van der Waals surface area contributed by atoms with Crippen LogP contribution in [0.3, 0.4) is 0 Å². The van der Waals surface area contributed by atoms with Crippen molar-refractivity contribution in [3.8, 4) is 0 Å². The maximum absolute atomic E-state index is 2.48. The largest absolute Gasteiger partial charge is 0.0834 e. The van der Waals surface area contributed by atoms with Gasteiger partial charge in [0.1, 0.15) is 0 Å². The molecule has 1 radical (unpaired) electrons. The van der Waals surface area contributed by atoms with Gasteiger partial charge in [0.25, 0.3) is 0 Å². The van der Waals surface area contributed by atoms with Gasteiger partial charge in [-0.05, 0) is 22.6 Å². The molecule has 0 bridgehead atoms. The first-order valence-electron chi connectivity index (χ1n) is 5.42. The minimum Gasteiger partial charge on any atom is -0.0834 e. The van der Waals surface area contributed by atoms with Crippen LogP contribution in [-0.4, -0.2) is 8.80 Å². The fourth-order valence-electron chi connectivity index (χ4n) is 2.63. The van der Waals surface area contributed by atoms with E-state index in [9.17, 15) is 0 Å². The van der Waals surface area contributed by atoms with Crippen molar-refractivity contribution in [2.75, 3.05) is 0 Å². The summed E-state index contributed by atoms with van der Waals surface area (Å²) in [5.74, 6) is 0. The lowest BCUT2D eigenvalue weighted by Crippen LogP contribution is -2.32. The van der Waals surface area contributed by atoms with Crippen LogP contribution in [0.1, 0.15) is 24.5 Å². The molecule has 0 N–H and O–H groups in total. The van der Waals surface area contributed by atoms with Gasteiger partial charge in [-0.3, -0.25) is 0 Å². The molecule has 1 heteroatoms. The maximum atomic E-state index is 2.48. The van der Waals surface area contributed by atoms with Crippen molar-refractivity contribution in [2.24, 2.45) is 0 Å². The molecular formula is C13H15Si. The van der Waals surface area contributed by atoms with Crippen LogP contribution in [0.2, 0.25) is 12.1 Å². The molecule has 1 aromatic carbocycles. The molecular weight excluding hydrogens is 184 g/mol. The molecule has 1 fully saturated rings. The van der Waals surface area contributed by atoms with Crippen LogP contribution in [0.25, 0.3) is 6.08 Å². The lowest BCUT2D eigenvalue weighted by molar-refractivity contribution is 0.667. The molecule has 1 atom stereocenters. The van der Waals surface area contributed by atoms with Gasteiger partial charge in [0.2, 0.25) is 0 Å². The normalized spacial score (nSPS) is 30.1. The van der Waals surface area contributed by atoms with E-state index in [4.69, 9.17) is 0 Å². The number of rotatable bonds is 1. The van der Waals surface area contributed by atoms with E-state index in [1.165, 1.54) is 24.1 Å². The minimum absolute atomic E-state index is 0.0468. The van der Waals surface area contributed by atoms with E-state index in [0.717, 1.165) is 0 Å². The summed E-state index contributed by atoms with van der Waals surface area (Å²) in [5.41, 5.74) is 3.08. The fraction of sp³-hybridized carbons (Fsp3) is 0.385. The quantitative estimate of drug-likeness (QED) is 0.608. The molecule has 0 spiro atoms. The first-order valence-corrected chi connectivity index (χ1v) is 7.33. The maximum Gasteiger partial charge on any atom is 0.0598 e. The van der Waals surface area contributed by atoms with Gasteiger partial charge in [-0.1, -0.05) is 55.4 Å². The third kappa shape index (κ3) is 1.12. The standard InChI is InChI=1S/C13H15Si/c1-13(14-9-10-14)8-4-6-11-5-2-3-7-12(11)13/h2-7H,8-10H2,1H3. The zero-order valence-corrected chi connectivity index (χ0v) is 9.59. The molecule has 3 rings (SSSR count). The number of fused-ring (bicyclic) bond motifs is 1. The summed E-state index contributed by atoms with van der Waals surface area (Å²) in [6, 6.07) is 12.0. The molecule has 71 valence electrons. The summed E-state index contributed by atoms with van der Waals surface area (Å²) in [4.78, 5) is 0. The first kappa shape index (κ1) is 8.48. The highest BCUT2D eigenvalue weighted by Crippen LogP contribution is 2.46. The summed E-state index contributed by atoms with van der Waals surface area (Å²) in [5, 5.41) is 0.538. The number of benzene rings is 1. The molecule has 1 aliphatic carbocycles. The summed E-state index contributed by atoms with van der Waals surface area (Å²) in [6.45, 7) is 2.48. The van der Waals surface area contributed by atoms with Crippen molar-refractivity contribution in [1.82, 2.24) is 0 Å². The second-order valence-corrected chi connectivity index (χ2v) is 7.94. The van der Waals surface area contributed by atoms with Crippen molar-refractivity contribution in [3.63, 3.8) is 0 Å². The smallest absolute Gasteiger partial charge is 0.0598 e. The summed E-state index contributed by atoms with van der Waals surface area (Å²) in [7, 11) is -0.0468. The van der Waals surface area contributed by atoms with Crippen LogP contribution in [-0.2, 0) is 5.04 Å². The second-order valence-electron chi connectivity index (χ2n) is 4.63. The van der Waals surface area contributed by atoms with Crippen LogP contribution in [0.15, 0.2) is 30.3 Å². The molecule has 0 aromatic heterocycles. The van der Waals surface area contributed by atoms with E-state index in [1.807, 2.05) is 0 Å². The summed E-state index contributed by atoms with van der Waals surface area (Å²) < 4.78 is 0. The van der Waals surface area contributed by atoms with E-state index < -0.39 is 0 Å². The lowest BCUT2D eigenvalue weighted by atomic mass is 9.87. The average molecular weight is 199 g/mol. The molecule has 0 amide bonds. The molecule has 0 saturated carbocycles. The zero-order chi connectivity index (χ0) is 9.60. The highest BCUT2D eigenvalue weighted by Gasteiger charge is 2.44. The van der Waals surface area contributed by atoms with Crippen LogP contribution in [0.4, 0.5) is 0 Å². The predicted octanol–water partition coefficient (Wildman–Crippen LogP) is 3.41. The summed E-state index contributed by atoms with van der Waals surface area (Å²) in [6.07, 6.45) is 5.94. The van der Waals surface area contributed by atoms with Gasteiger partial charge < -0.3 is 0 Å². The van der Waals surface area contributed by atoms with Crippen molar-refractivity contribution in [1.29, 1.82) is 0 Å². The van der Waals surface area contributed by atoms with Gasteiger partial charge in [-0.25, -0.2) is 0 Å². The van der Waals surface area contributed by atoms with Gasteiger partial charge in [0, 0.05) is 0 Å². The number of hydrogen-bond acceptors (Lipinski definition) is 0. The van der Waals surface area contributed by atoms with E-state index in [0.29, 0.717) is 5.04 Å². The number of hydrogen-bond donors (Lipinski definition) is 0. The van der Waals surface area contributed by atoms with Crippen molar-refractivity contribution < 1.29 is 0 Å². The van der Waals surface area contributed by atoms with E-state index in [1.54, 1.807) is 5.56 Å². The van der Waals surface area contributed by atoms with Crippen LogP contribution in [0, 0.1) is 0 Å². The van der Waals surface area contributed by atoms with Crippen molar-refractivity contribution in [2.45, 2.75) is 30.5 Å². The van der Waals surface area contributed by atoms with Crippen LogP contribution in [0.5, 0.6) is 0 Å². The van der Waals surface area contributed by atoms with E-state index in [2.05, 4.69) is 43.3 Å². The fourth-order valence-corrected chi connectivity index (χ4v) is 5.24. The number of allylic oxidation sites excluding steroid dienone is 1. The molecule has 14 heavy (non-hydrogen) atoms. The van der Waals surface area contributed by atoms with Crippen molar-refractivity contribution >= 4 is 14.9 Å². The van der Waals surface area contributed by atoms with Crippen molar-refractivity contribution in [3.05, 3.63) is 41.5 Å². The Kier molecular flexibility index (Phi) is 1.72. The molecule has 0 nitrogen and oxygen atoms in total. The topological polar surface area (TPSA) is 0 Å². The summed E-state index contributed by atoms with van der Waals surface area (Å²) >= 11 is 0. The Balaban J connectivity index is 2.14. The van der Waals surface area contributed by atoms with Gasteiger partial charge in [0.15, 0.2) is 0 Å². The lowest BCUT2D eigenvalue weighted by Gasteiger charge is -2.33. The highest BCUT2D eigenvalue weighted by atomic mass is 28.3.